The summed E-state index contributed by atoms with van der Waals surface area (Å²) in [4.78, 5) is 2.30. The van der Waals surface area contributed by atoms with Crippen LogP contribution >= 0.6 is 12.2 Å². The third-order valence-corrected chi connectivity index (χ3v) is 5.60. The molecule has 0 bridgehead atoms. The molecule has 0 saturated heterocycles. The Bertz CT molecular complexity index is 1260. The van der Waals surface area contributed by atoms with Gasteiger partial charge in [0, 0.05) is 24.3 Å². The molecule has 0 spiro atoms. The molecule has 33 heavy (non-hydrogen) atoms. The maximum Gasteiger partial charge on any atom is 0.216 e. The molecule has 1 N–H and O–H groups in total. The molecule has 0 unspecified atom stereocenters. The molecule has 4 rings (SSSR count). The van der Waals surface area contributed by atoms with Crippen molar-refractivity contribution in [2.75, 3.05) is 18.0 Å². The van der Waals surface area contributed by atoms with Gasteiger partial charge >= 0.3 is 0 Å². The van der Waals surface area contributed by atoms with Crippen LogP contribution in [0.15, 0.2) is 84.0 Å². The fraction of sp³-hybridized carbons (Fsp3) is 0.192. The summed E-state index contributed by atoms with van der Waals surface area (Å²) in [6.07, 6.45) is 1.76. The highest BCUT2D eigenvalue weighted by molar-refractivity contribution is 7.71. The van der Waals surface area contributed by atoms with E-state index in [2.05, 4.69) is 46.2 Å². The molecule has 0 fully saturated rings. The summed E-state index contributed by atoms with van der Waals surface area (Å²) in [5, 5.41) is 11.8. The van der Waals surface area contributed by atoms with Gasteiger partial charge in [-0.15, -0.1) is 0 Å². The normalized spacial score (nSPS) is 11.1. The average molecular weight is 458 g/mol. The molecule has 4 aromatic rings. The Morgan fingerprint density at radius 1 is 1.00 bits per heavy atom. The van der Waals surface area contributed by atoms with Crippen molar-refractivity contribution in [3.8, 4) is 17.1 Å². The van der Waals surface area contributed by atoms with Crippen molar-refractivity contribution in [2.45, 2.75) is 20.5 Å². The minimum absolute atomic E-state index is 0.436. The molecular formula is C26H27N5OS. The number of H-pyrrole nitrogens is 1. The van der Waals surface area contributed by atoms with Crippen molar-refractivity contribution in [1.82, 2.24) is 14.9 Å². The van der Waals surface area contributed by atoms with E-state index in [0.717, 1.165) is 35.5 Å². The molecule has 3 aromatic carbocycles. The van der Waals surface area contributed by atoms with Crippen molar-refractivity contribution in [3.05, 3.63) is 94.8 Å². The number of aromatic amines is 1. The average Bonchev–Trinajstić information content (AvgIpc) is 3.23. The van der Waals surface area contributed by atoms with Gasteiger partial charge in [-0.1, -0.05) is 42.5 Å². The summed E-state index contributed by atoms with van der Waals surface area (Å²) in [5.41, 5.74) is 4.15. The maximum absolute atomic E-state index is 5.92. The minimum atomic E-state index is 0.436. The van der Waals surface area contributed by atoms with E-state index in [4.69, 9.17) is 17.0 Å². The Balaban J connectivity index is 1.51. The van der Waals surface area contributed by atoms with Crippen LogP contribution in [0.5, 0.6) is 5.75 Å². The number of hydrogen-bond donors (Lipinski definition) is 1. The summed E-state index contributed by atoms with van der Waals surface area (Å²) >= 11 is 5.41. The van der Waals surface area contributed by atoms with Crippen LogP contribution in [0.1, 0.15) is 25.0 Å². The van der Waals surface area contributed by atoms with Crippen LogP contribution in [0.2, 0.25) is 0 Å². The van der Waals surface area contributed by atoms with Gasteiger partial charge in [0.25, 0.3) is 0 Å². The van der Waals surface area contributed by atoms with Gasteiger partial charge < -0.3 is 9.64 Å². The van der Waals surface area contributed by atoms with E-state index in [1.165, 1.54) is 5.69 Å². The van der Waals surface area contributed by atoms with Crippen molar-refractivity contribution >= 4 is 24.1 Å². The summed E-state index contributed by atoms with van der Waals surface area (Å²) in [6.45, 7) is 6.75. The van der Waals surface area contributed by atoms with Crippen LogP contribution in [0, 0.1) is 4.77 Å². The van der Waals surface area contributed by atoms with Gasteiger partial charge in [0.15, 0.2) is 5.82 Å². The standard InChI is InChI=1S/C26H27N5OS/c1-3-30(4-2)23-15-13-22(14-16-23)25-28-29-26(33)31(25)27-18-21-11-8-12-24(17-21)32-19-20-9-6-5-7-10-20/h5-18H,3-4,19H2,1-2H3,(H,29,33). The number of anilines is 1. The third-order valence-electron chi connectivity index (χ3n) is 5.33. The van der Waals surface area contributed by atoms with Gasteiger partial charge in [0.05, 0.1) is 6.21 Å². The van der Waals surface area contributed by atoms with E-state index < -0.39 is 0 Å². The van der Waals surface area contributed by atoms with E-state index in [1.807, 2.05) is 66.7 Å². The number of hydrogen-bond acceptors (Lipinski definition) is 5. The first-order valence-corrected chi connectivity index (χ1v) is 11.4. The van der Waals surface area contributed by atoms with Gasteiger partial charge in [0.2, 0.25) is 4.77 Å². The molecule has 0 radical (unpaired) electrons. The van der Waals surface area contributed by atoms with Crippen LogP contribution in [-0.4, -0.2) is 34.2 Å². The fourth-order valence-corrected chi connectivity index (χ4v) is 3.72. The quantitative estimate of drug-likeness (QED) is 0.251. The highest BCUT2D eigenvalue weighted by atomic mass is 32.1. The van der Waals surface area contributed by atoms with Gasteiger partial charge in [-0.05, 0) is 73.6 Å². The lowest BCUT2D eigenvalue weighted by atomic mass is 10.2. The van der Waals surface area contributed by atoms with Gasteiger partial charge in [-0.25, -0.2) is 5.10 Å². The molecule has 1 heterocycles. The van der Waals surface area contributed by atoms with Crippen LogP contribution in [0.3, 0.4) is 0 Å². The fourth-order valence-electron chi connectivity index (χ4n) is 3.55. The highest BCUT2D eigenvalue weighted by Gasteiger charge is 2.09. The maximum atomic E-state index is 5.92. The van der Waals surface area contributed by atoms with E-state index in [9.17, 15) is 0 Å². The van der Waals surface area contributed by atoms with Gasteiger partial charge in [-0.3, -0.25) is 0 Å². The van der Waals surface area contributed by atoms with E-state index in [0.29, 0.717) is 17.2 Å². The topological polar surface area (TPSA) is 58.4 Å². The Labute approximate surface area is 199 Å². The lowest BCUT2D eigenvalue weighted by Crippen LogP contribution is -2.21. The SMILES string of the molecule is CCN(CC)c1ccc(-c2n[nH]c(=S)n2N=Cc2cccc(OCc3ccccc3)c2)cc1. The molecule has 7 heteroatoms. The molecule has 6 nitrogen and oxygen atoms in total. The zero-order valence-corrected chi connectivity index (χ0v) is 19.6. The molecule has 0 aliphatic carbocycles. The summed E-state index contributed by atoms with van der Waals surface area (Å²) in [7, 11) is 0. The zero-order valence-electron chi connectivity index (χ0n) is 18.8. The number of rotatable bonds is 9. The Hall–Kier alpha value is -3.71. The molecule has 0 saturated carbocycles. The largest absolute Gasteiger partial charge is 0.489 e. The Morgan fingerprint density at radius 3 is 2.48 bits per heavy atom. The van der Waals surface area contributed by atoms with E-state index in [1.54, 1.807) is 10.9 Å². The molecule has 0 aliphatic rings. The smallest absolute Gasteiger partial charge is 0.216 e. The van der Waals surface area contributed by atoms with Crippen LogP contribution in [0.4, 0.5) is 5.69 Å². The second-order valence-electron chi connectivity index (χ2n) is 7.47. The summed E-state index contributed by atoms with van der Waals surface area (Å²) < 4.78 is 8.00. The molecule has 1 aromatic heterocycles. The van der Waals surface area contributed by atoms with Gasteiger partial charge in [0.1, 0.15) is 12.4 Å². The number of aromatic nitrogens is 3. The molecule has 0 amide bonds. The lowest BCUT2D eigenvalue weighted by Gasteiger charge is -2.20. The number of nitrogens with one attached hydrogen (secondary N) is 1. The van der Waals surface area contributed by atoms with Gasteiger partial charge in [-0.2, -0.15) is 14.9 Å². The lowest BCUT2D eigenvalue weighted by molar-refractivity contribution is 0.306. The first-order valence-electron chi connectivity index (χ1n) is 11.0. The summed E-state index contributed by atoms with van der Waals surface area (Å²) in [5.74, 6) is 1.45. The first-order chi connectivity index (χ1) is 16.2. The summed E-state index contributed by atoms with van der Waals surface area (Å²) in [6, 6.07) is 26.2. The highest BCUT2D eigenvalue weighted by Crippen LogP contribution is 2.22. The first kappa shape index (κ1) is 22.5. The zero-order chi connectivity index (χ0) is 23.0. The second kappa shape index (κ2) is 10.7. The molecule has 0 aliphatic heterocycles. The molecule has 0 atom stereocenters. The molecular weight excluding hydrogens is 430 g/mol. The second-order valence-corrected chi connectivity index (χ2v) is 7.86. The minimum Gasteiger partial charge on any atom is -0.489 e. The van der Waals surface area contributed by atoms with Crippen molar-refractivity contribution < 1.29 is 4.74 Å². The van der Waals surface area contributed by atoms with Crippen molar-refractivity contribution in [2.24, 2.45) is 5.10 Å². The van der Waals surface area contributed by atoms with Crippen molar-refractivity contribution in [1.29, 1.82) is 0 Å². The predicted octanol–water partition coefficient (Wildman–Crippen LogP) is 5.92. The van der Waals surface area contributed by atoms with Crippen LogP contribution in [-0.2, 0) is 6.61 Å². The number of ether oxygens (including phenoxy) is 1. The number of benzene rings is 3. The van der Waals surface area contributed by atoms with Crippen LogP contribution in [0.25, 0.3) is 11.4 Å². The predicted molar refractivity (Wildman–Crippen MR) is 137 cm³/mol. The van der Waals surface area contributed by atoms with Crippen molar-refractivity contribution in [3.63, 3.8) is 0 Å². The Kier molecular flexibility index (Phi) is 7.32. The van der Waals surface area contributed by atoms with E-state index in [-0.39, 0.29) is 0 Å². The third kappa shape index (κ3) is 5.56. The number of nitrogens with zero attached hydrogens (tertiary/aromatic N) is 4. The monoisotopic (exact) mass is 457 g/mol. The van der Waals surface area contributed by atoms with Crippen LogP contribution < -0.4 is 9.64 Å². The Morgan fingerprint density at radius 2 is 1.76 bits per heavy atom. The van der Waals surface area contributed by atoms with E-state index >= 15 is 0 Å². The molecule has 168 valence electrons.